The lowest BCUT2D eigenvalue weighted by molar-refractivity contribution is 0.0638. The molecule has 1 unspecified atom stereocenters. The van der Waals surface area contributed by atoms with Gasteiger partial charge in [-0.2, -0.15) is 0 Å². The first-order valence-corrected chi connectivity index (χ1v) is 6.14. The van der Waals surface area contributed by atoms with Crippen LogP contribution in [0.4, 0.5) is 13.2 Å². The quantitative estimate of drug-likeness (QED) is 0.808. The van der Waals surface area contributed by atoms with Gasteiger partial charge in [0.15, 0.2) is 11.6 Å². The van der Waals surface area contributed by atoms with Crippen molar-refractivity contribution >= 4 is 0 Å². The van der Waals surface area contributed by atoms with Crippen molar-refractivity contribution < 1.29 is 23.0 Å². The highest BCUT2D eigenvalue weighted by atomic mass is 19.2. The van der Waals surface area contributed by atoms with Gasteiger partial charge in [0.2, 0.25) is 0 Å². The number of para-hydroxylation sites is 1. The zero-order valence-corrected chi connectivity index (χ0v) is 10.3. The molecule has 0 saturated carbocycles. The average Bonchev–Trinajstić information content (AvgIpc) is 2.43. The molecule has 1 aliphatic rings. The van der Waals surface area contributed by atoms with Crippen molar-refractivity contribution in [3.8, 4) is 5.75 Å². The summed E-state index contributed by atoms with van der Waals surface area (Å²) in [5.41, 5.74) is 0.504. The third kappa shape index (κ3) is 2.14. The van der Waals surface area contributed by atoms with E-state index in [0.29, 0.717) is 17.4 Å². The molecule has 1 N–H and O–H groups in total. The molecular formula is C15H11F3O2. The highest BCUT2D eigenvalue weighted by Crippen LogP contribution is 2.41. The number of rotatable bonds is 1. The van der Waals surface area contributed by atoms with Crippen molar-refractivity contribution in [1.29, 1.82) is 0 Å². The molecule has 1 aliphatic heterocycles. The number of fused-ring (bicyclic) bond motifs is 1. The van der Waals surface area contributed by atoms with Gasteiger partial charge in [0, 0.05) is 23.6 Å². The lowest BCUT2D eigenvalue weighted by atomic mass is 9.94. The van der Waals surface area contributed by atoms with Crippen LogP contribution >= 0.6 is 0 Å². The summed E-state index contributed by atoms with van der Waals surface area (Å²) in [7, 11) is 0. The van der Waals surface area contributed by atoms with E-state index in [9.17, 15) is 18.3 Å². The molecule has 5 heteroatoms. The van der Waals surface area contributed by atoms with E-state index >= 15 is 0 Å². The maximum absolute atomic E-state index is 13.7. The van der Waals surface area contributed by atoms with E-state index in [4.69, 9.17) is 4.74 Å². The Morgan fingerprint density at radius 3 is 2.45 bits per heavy atom. The predicted octanol–water partition coefficient (Wildman–Crippen LogP) is 3.66. The molecule has 0 radical (unpaired) electrons. The van der Waals surface area contributed by atoms with Gasteiger partial charge < -0.3 is 9.84 Å². The fraction of sp³-hybridized carbons (Fsp3) is 0.200. The van der Waals surface area contributed by atoms with E-state index in [-0.39, 0.29) is 12.0 Å². The Bertz CT molecular complexity index is 658. The first-order chi connectivity index (χ1) is 9.56. The topological polar surface area (TPSA) is 29.5 Å². The third-order valence-corrected chi connectivity index (χ3v) is 3.37. The number of hydrogen-bond donors (Lipinski definition) is 1. The lowest BCUT2D eigenvalue weighted by Crippen LogP contribution is -2.20. The summed E-state index contributed by atoms with van der Waals surface area (Å²) in [6.07, 6.45) is -1.61. The van der Waals surface area contributed by atoms with E-state index in [2.05, 4.69) is 0 Å². The van der Waals surface area contributed by atoms with Crippen LogP contribution in [0.25, 0.3) is 0 Å². The number of ether oxygens (including phenoxy) is 1. The molecule has 0 bridgehead atoms. The summed E-state index contributed by atoms with van der Waals surface area (Å²) in [6, 6.07) is 8.08. The molecule has 104 valence electrons. The summed E-state index contributed by atoms with van der Waals surface area (Å²) in [4.78, 5) is 0. The predicted molar refractivity (Wildman–Crippen MR) is 65.7 cm³/mol. The van der Waals surface area contributed by atoms with E-state index in [1.54, 1.807) is 24.3 Å². The number of hydrogen-bond acceptors (Lipinski definition) is 2. The van der Waals surface area contributed by atoms with Crippen LogP contribution in [0.1, 0.15) is 29.8 Å². The first kappa shape index (κ1) is 13.0. The maximum atomic E-state index is 13.7. The molecule has 3 rings (SSSR count). The second kappa shape index (κ2) is 4.83. The number of halogens is 3. The first-order valence-electron chi connectivity index (χ1n) is 6.14. The van der Waals surface area contributed by atoms with E-state index < -0.39 is 29.7 Å². The molecule has 0 saturated heterocycles. The van der Waals surface area contributed by atoms with Gasteiger partial charge in [0.1, 0.15) is 17.7 Å². The minimum atomic E-state index is -1.25. The Morgan fingerprint density at radius 1 is 0.950 bits per heavy atom. The highest BCUT2D eigenvalue weighted by molar-refractivity contribution is 5.38. The zero-order chi connectivity index (χ0) is 14.3. The van der Waals surface area contributed by atoms with Crippen LogP contribution in [0, 0.1) is 17.5 Å². The van der Waals surface area contributed by atoms with E-state index in [1.165, 1.54) is 0 Å². The van der Waals surface area contributed by atoms with Gasteiger partial charge in [-0.05, 0) is 12.1 Å². The van der Waals surface area contributed by atoms with Crippen molar-refractivity contribution in [2.45, 2.75) is 18.6 Å². The summed E-state index contributed by atoms with van der Waals surface area (Å²) >= 11 is 0. The van der Waals surface area contributed by atoms with Crippen LogP contribution in [0.5, 0.6) is 5.75 Å². The number of aliphatic hydroxyl groups excluding tert-OH is 1. The third-order valence-electron chi connectivity index (χ3n) is 3.37. The average molecular weight is 280 g/mol. The smallest absolute Gasteiger partial charge is 0.161 e. The van der Waals surface area contributed by atoms with Gasteiger partial charge in [-0.15, -0.1) is 0 Å². The molecular weight excluding hydrogens is 269 g/mol. The maximum Gasteiger partial charge on any atom is 0.161 e. The van der Waals surface area contributed by atoms with Gasteiger partial charge >= 0.3 is 0 Å². The molecule has 0 aliphatic carbocycles. The van der Waals surface area contributed by atoms with Crippen LogP contribution in [0.3, 0.4) is 0 Å². The number of aliphatic hydroxyl groups is 1. The van der Waals surface area contributed by atoms with Gasteiger partial charge in [0.25, 0.3) is 0 Å². The SMILES string of the molecule is O[C@H]1CC(c2cc(F)c(F)cc2F)Oc2ccccc21. The Kier molecular flexibility index (Phi) is 3.14. The zero-order valence-electron chi connectivity index (χ0n) is 10.3. The summed E-state index contributed by atoms with van der Waals surface area (Å²) < 4.78 is 45.5. The van der Waals surface area contributed by atoms with Crippen molar-refractivity contribution in [3.05, 3.63) is 65.0 Å². The monoisotopic (exact) mass is 280 g/mol. The molecule has 2 aromatic rings. The second-order valence-corrected chi connectivity index (χ2v) is 4.68. The van der Waals surface area contributed by atoms with Crippen molar-refractivity contribution in [2.75, 3.05) is 0 Å². The molecule has 2 aromatic carbocycles. The number of benzene rings is 2. The van der Waals surface area contributed by atoms with Crippen molar-refractivity contribution in [1.82, 2.24) is 0 Å². The molecule has 20 heavy (non-hydrogen) atoms. The molecule has 2 atom stereocenters. The van der Waals surface area contributed by atoms with Gasteiger partial charge in [-0.25, -0.2) is 13.2 Å². The van der Waals surface area contributed by atoms with Gasteiger partial charge in [0.05, 0.1) is 6.10 Å². The van der Waals surface area contributed by atoms with Crippen LogP contribution in [0.2, 0.25) is 0 Å². The molecule has 0 aromatic heterocycles. The molecule has 1 heterocycles. The van der Waals surface area contributed by atoms with Crippen LogP contribution in [0.15, 0.2) is 36.4 Å². The normalized spacial score (nSPS) is 21.2. The summed E-state index contributed by atoms with van der Waals surface area (Å²) in [5, 5.41) is 10.0. The standard InChI is InChI=1S/C15H11F3O2/c16-10-6-12(18)11(17)5-9(10)15-7-13(19)8-3-1-2-4-14(8)20-15/h1-6,13,15,19H,7H2/t13-,15?/m0/s1. The van der Waals surface area contributed by atoms with Crippen molar-refractivity contribution in [3.63, 3.8) is 0 Å². The summed E-state index contributed by atoms with van der Waals surface area (Å²) in [5.74, 6) is -2.86. The second-order valence-electron chi connectivity index (χ2n) is 4.68. The van der Waals surface area contributed by atoms with Gasteiger partial charge in [-0.1, -0.05) is 18.2 Å². The summed E-state index contributed by atoms with van der Waals surface area (Å²) in [6.45, 7) is 0. The highest BCUT2D eigenvalue weighted by Gasteiger charge is 2.30. The Balaban J connectivity index is 2.00. The largest absolute Gasteiger partial charge is 0.485 e. The van der Waals surface area contributed by atoms with Crippen LogP contribution in [-0.2, 0) is 0 Å². The molecule has 0 fully saturated rings. The lowest BCUT2D eigenvalue weighted by Gasteiger charge is -2.30. The van der Waals surface area contributed by atoms with Gasteiger partial charge in [-0.3, -0.25) is 0 Å². The van der Waals surface area contributed by atoms with E-state index in [1.807, 2.05) is 0 Å². The Hall–Kier alpha value is -2.01. The fourth-order valence-electron chi connectivity index (χ4n) is 2.37. The molecule has 0 spiro atoms. The molecule has 2 nitrogen and oxygen atoms in total. The van der Waals surface area contributed by atoms with Crippen molar-refractivity contribution in [2.24, 2.45) is 0 Å². The van der Waals surface area contributed by atoms with E-state index in [0.717, 1.165) is 6.07 Å². The Labute approximate surface area is 113 Å². The Morgan fingerprint density at radius 2 is 1.65 bits per heavy atom. The van der Waals surface area contributed by atoms with Crippen LogP contribution in [-0.4, -0.2) is 5.11 Å². The van der Waals surface area contributed by atoms with Crippen LogP contribution < -0.4 is 4.74 Å². The minimum Gasteiger partial charge on any atom is -0.485 e. The molecule has 0 amide bonds. The minimum absolute atomic E-state index is 0.0823. The fourth-order valence-corrected chi connectivity index (χ4v) is 2.37.